The molecule has 1 aliphatic rings. The van der Waals surface area contributed by atoms with Gasteiger partial charge in [0.2, 0.25) is 0 Å². The van der Waals surface area contributed by atoms with Crippen molar-refractivity contribution in [2.75, 3.05) is 13.1 Å². The molecule has 0 saturated carbocycles. The molecule has 0 aromatic carbocycles. The Balaban J connectivity index is 2.68. The summed E-state index contributed by atoms with van der Waals surface area (Å²) in [6, 6.07) is 0. The first-order valence-electron chi connectivity index (χ1n) is 4.33. The maximum atomic E-state index is 11.6. The second-order valence-electron chi connectivity index (χ2n) is 3.98. The zero-order valence-corrected chi connectivity index (χ0v) is 7.61. The standard InChI is InChI=1S/C9H17NO/c1-4-7-5-10-6-9(2,3)8(7)11/h7,10H,4-6H2,1-3H3. The third-order valence-electron chi connectivity index (χ3n) is 2.49. The molecule has 1 saturated heterocycles. The molecule has 0 aromatic heterocycles. The van der Waals surface area contributed by atoms with Crippen LogP contribution in [-0.2, 0) is 4.79 Å². The number of hydrogen-bond donors (Lipinski definition) is 1. The molecule has 1 N–H and O–H groups in total. The molecule has 0 aliphatic carbocycles. The molecule has 1 fully saturated rings. The van der Waals surface area contributed by atoms with Crippen LogP contribution in [0, 0.1) is 11.3 Å². The van der Waals surface area contributed by atoms with Crippen LogP contribution in [0.4, 0.5) is 0 Å². The normalized spacial score (nSPS) is 30.5. The summed E-state index contributed by atoms with van der Waals surface area (Å²) in [7, 11) is 0. The lowest BCUT2D eigenvalue weighted by Gasteiger charge is -2.33. The van der Waals surface area contributed by atoms with Gasteiger partial charge < -0.3 is 5.32 Å². The molecule has 0 radical (unpaired) electrons. The van der Waals surface area contributed by atoms with Gasteiger partial charge in [-0.15, -0.1) is 0 Å². The SMILES string of the molecule is CCC1CNCC(C)(C)C1=O. The Morgan fingerprint density at radius 1 is 1.64 bits per heavy atom. The Morgan fingerprint density at radius 3 is 2.73 bits per heavy atom. The van der Waals surface area contributed by atoms with Gasteiger partial charge in [-0.1, -0.05) is 20.8 Å². The summed E-state index contributed by atoms with van der Waals surface area (Å²) in [5.74, 6) is 0.678. The van der Waals surface area contributed by atoms with Gasteiger partial charge in [-0.25, -0.2) is 0 Å². The van der Waals surface area contributed by atoms with Crippen LogP contribution < -0.4 is 5.32 Å². The first-order chi connectivity index (χ1) is 5.08. The topological polar surface area (TPSA) is 29.1 Å². The van der Waals surface area contributed by atoms with Crippen LogP contribution in [0.2, 0.25) is 0 Å². The van der Waals surface area contributed by atoms with E-state index in [0.29, 0.717) is 5.78 Å². The van der Waals surface area contributed by atoms with Crippen molar-refractivity contribution in [3.8, 4) is 0 Å². The lowest BCUT2D eigenvalue weighted by Crippen LogP contribution is -2.49. The van der Waals surface area contributed by atoms with Gasteiger partial charge in [0.25, 0.3) is 0 Å². The monoisotopic (exact) mass is 155 g/mol. The predicted molar refractivity (Wildman–Crippen MR) is 45.4 cm³/mol. The molecule has 1 aliphatic heterocycles. The van der Waals surface area contributed by atoms with Crippen molar-refractivity contribution in [1.82, 2.24) is 5.32 Å². The third kappa shape index (κ3) is 1.62. The Labute approximate surface area is 68.4 Å². The minimum absolute atomic E-state index is 0.140. The smallest absolute Gasteiger partial charge is 0.144 e. The highest BCUT2D eigenvalue weighted by atomic mass is 16.1. The van der Waals surface area contributed by atoms with Crippen LogP contribution in [-0.4, -0.2) is 18.9 Å². The molecule has 1 unspecified atom stereocenters. The van der Waals surface area contributed by atoms with E-state index in [4.69, 9.17) is 0 Å². The van der Waals surface area contributed by atoms with E-state index in [1.165, 1.54) is 0 Å². The molecular weight excluding hydrogens is 138 g/mol. The molecular formula is C9H17NO. The predicted octanol–water partition coefficient (Wildman–Crippen LogP) is 1.21. The Hall–Kier alpha value is -0.370. The summed E-state index contributed by atoms with van der Waals surface area (Å²) in [6.07, 6.45) is 0.968. The van der Waals surface area contributed by atoms with Crippen molar-refractivity contribution in [3.05, 3.63) is 0 Å². The number of hydrogen-bond acceptors (Lipinski definition) is 2. The zero-order chi connectivity index (χ0) is 8.48. The largest absolute Gasteiger partial charge is 0.315 e. The Bertz CT molecular complexity index is 163. The van der Waals surface area contributed by atoms with E-state index >= 15 is 0 Å². The molecule has 0 bridgehead atoms. The van der Waals surface area contributed by atoms with Gasteiger partial charge in [0.05, 0.1) is 0 Å². The summed E-state index contributed by atoms with van der Waals surface area (Å²) in [5.41, 5.74) is -0.140. The van der Waals surface area contributed by atoms with Crippen molar-refractivity contribution in [2.24, 2.45) is 11.3 Å². The average Bonchev–Trinajstić information content (AvgIpc) is 1.95. The summed E-state index contributed by atoms with van der Waals surface area (Å²) in [6.45, 7) is 7.82. The van der Waals surface area contributed by atoms with Gasteiger partial charge in [-0.05, 0) is 6.42 Å². The lowest BCUT2D eigenvalue weighted by molar-refractivity contribution is -0.133. The fraction of sp³-hybridized carbons (Fsp3) is 0.889. The van der Waals surface area contributed by atoms with Gasteiger partial charge in [-0.3, -0.25) is 4.79 Å². The maximum Gasteiger partial charge on any atom is 0.144 e. The van der Waals surface area contributed by atoms with Crippen LogP contribution in [0.25, 0.3) is 0 Å². The molecule has 64 valence electrons. The molecule has 1 heterocycles. The second kappa shape index (κ2) is 2.94. The number of piperidine rings is 1. The van der Waals surface area contributed by atoms with Crippen LogP contribution in [0.5, 0.6) is 0 Å². The van der Waals surface area contributed by atoms with E-state index in [-0.39, 0.29) is 11.3 Å². The molecule has 11 heavy (non-hydrogen) atoms. The number of nitrogens with one attached hydrogen (secondary N) is 1. The zero-order valence-electron chi connectivity index (χ0n) is 7.61. The van der Waals surface area contributed by atoms with E-state index < -0.39 is 0 Å². The minimum Gasteiger partial charge on any atom is -0.315 e. The van der Waals surface area contributed by atoms with E-state index in [1.807, 2.05) is 13.8 Å². The van der Waals surface area contributed by atoms with E-state index in [0.717, 1.165) is 19.5 Å². The highest BCUT2D eigenvalue weighted by molar-refractivity contribution is 5.87. The fourth-order valence-electron chi connectivity index (χ4n) is 1.62. The average molecular weight is 155 g/mol. The Morgan fingerprint density at radius 2 is 2.27 bits per heavy atom. The van der Waals surface area contributed by atoms with Crippen molar-refractivity contribution in [1.29, 1.82) is 0 Å². The number of ketones is 1. The lowest BCUT2D eigenvalue weighted by atomic mass is 9.77. The van der Waals surface area contributed by atoms with Crippen molar-refractivity contribution >= 4 is 5.78 Å². The van der Waals surface area contributed by atoms with Gasteiger partial charge in [0.15, 0.2) is 0 Å². The number of carbonyl (C=O) groups is 1. The maximum absolute atomic E-state index is 11.6. The Kier molecular flexibility index (Phi) is 2.33. The third-order valence-corrected chi connectivity index (χ3v) is 2.49. The molecule has 0 amide bonds. The number of carbonyl (C=O) groups excluding carboxylic acids is 1. The first kappa shape index (κ1) is 8.72. The van der Waals surface area contributed by atoms with Crippen LogP contribution in [0.1, 0.15) is 27.2 Å². The highest BCUT2D eigenvalue weighted by Crippen LogP contribution is 2.25. The summed E-state index contributed by atoms with van der Waals surface area (Å²) < 4.78 is 0. The summed E-state index contributed by atoms with van der Waals surface area (Å²) >= 11 is 0. The molecule has 2 heteroatoms. The minimum atomic E-state index is -0.140. The quantitative estimate of drug-likeness (QED) is 0.616. The first-order valence-corrected chi connectivity index (χ1v) is 4.33. The van der Waals surface area contributed by atoms with Crippen LogP contribution >= 0.6 is 0 Å². The molecule has 1 atom stereocenters. The highest BCUT2D eigenvalue weighted by Gasteiger charge is 2.35. The second-order valence-corrected chi connectivity index (χ2v) is 3.98. The molecule has 1 rings (SSSR count). The number of rotatable bonds is 1. The van der Waals surface area contributed by atoms with Crippen molar-refractivity contribution < 1.29 is 4.79 Å². The van der Waals surface area contributed by atoms with E-state index in [9.17, 15) is 4.79 Å². The summed E-state index contributed by atoms with van der Waals surface area (Å²) in [4.78, 5) is 11.6. The molecule has 0 spiro atoms. The van der Waals surface area contributed by atoms with E-state index in [1.54, 1.807) is 0 Å². The van der Waals surface area contributed by atoms with Crippen molar-refractivity contribution in [2.45, 2.75) is 27.2 Å². The van der Waals surface area contributed by atoms with Gasteiger partial charge >= 0.3 is 0 Å². The van der Waals surface area contributed by atoms with Crippen molar-refractivity contribution in [3.63, 3.8) is 0 Å². The van der Waals surface area contributed by atoms with Crippen LogP contribution in [0.15, 0.2) is 0 Å². The molecule has 2 nitrogen and oxygen atoms in total. The van der Waals surface area contributed by atoms with Gasteiger partial charge in [-0.2, -0.15) is 0 Å². The van der Waals surface area contributed by atoms with Gasteiger partial charge in [0, 0.05) is 24.4 Å². The summed E-state index contributed by atoms with van der Waals surface area (Å²) in [5, 5.41) is 3.29. The van der Waals surface area contributed by atoms with Gasteiger partial charge in [0.1, 0.15) is 5.78 Å². The fourth-order valence-corrected chi connectivity index (χ4v) is 1.62. The van der Waals surface area contributed by atoms with E-state index in [2.05, 4.69) is 12.2 Å². The number of Topliss-reactive ketones (excluding diaryl/α,β-unsaturated/α-hetero) is 1. The molecule has 0 aromatic rings. The van der Waals surface area contributed by atoms with Crippen LogP contribution in [0.3, 0.4) is 0 Å².